The molecule has 112 valence electrons. The van der Waals surface area contributed by atoms with Crippen molar-refractivity contribution < 1.29 is 14.7 Å². The van der Waals surface area contributed by atoms with Gasteiger partial charge in [-0.2, -0.15) is 0 Å². The first kappa shape index (κ1) is 15.5. The van der Waals surface area contributed by atoms with Crippen molar-refractivity contribution in [3.05, 3.63) is 41.0 Å². The molecule has 0 radical (unpaired) electrons. The van der Waals surface area contributed by atoms with E-state index in [0.717, 1.165) is 24.0 Å². The van der Waals surface area contributed by atoms with Crippen LogP contribution in [0.25, 0.3) is 6.08 Å². The highest BCUT2D eigenvalue weighted by Crippen LogP contribution is 2.35. The first-order valence-corrected chi connectivity index (χ1v) is 7.49. The summed E-state index contributed by atoms with van der Waals surface area (Å²) < 4.78 is 0. The van der Waals surface area contributed by atoms with E-state index in [4.69, 9.17) is 5.11 Å². The summed E-state index contributed by atoms with van der Waals surface area (Å²) in [6, 6.07) is 6.67. The minimum absolute atomic E-state index is 0.116. The van der Waals surface area contributed by atoms with Crippen molar-refractivity contribution in [3.63, 3.8) is 0 Å². The van der Waals surface area contributed by atoms with Crippen LogP contribution in [0.5, 0.6) is 0 Å². The van der Waals surface area contributed by atoms with Crippen molar-refractivity contribution in [2.24, 2.45) is 17.8 Å². The average molecular weight is 286 g/mol. The van der Waals surface area contributed by atoms with Crippen molar-refractivity contribution >= 4 is 17.8 Å². The van der Waals surface area contributed by atoms with Crippen molar-refractivity contribution in [3.8, 4) is 0 Å². The summed E-state index contributed by atoms with van der Waals surface area (Å²) in [7, 11) is 0. The van der Waals surface area contributed by atoms with Gasteiger partial charge < -0.3 is 5.11 Å². The molecule has 0 amide bonds. The van der Waals surface area contributed by atoms with Crippen LogP contribution in [0, 0.1) is 17.8 Å². The van der Waals surface area contributed by atoms with E-state index in [0.29, 0.717) is 5.92 Å². The molecule has 0 unspecified atom stereocenters. The summed E-state index contributed by atoms with van der Waals surface area (Å²) in [5.41, 5.74) is 2.03. The standard InChI is InChI=1S/C18H22O3/c1-11(2)15-9-4-12(3)16(17(15)19)10-13-5-7-14(8-6-13)18(20)21/h5-8,10-12,15H,4,9H2,1-3H3,(H,20,21)/b16-10+/t12-,15-/m1/s1. The Morgan fingerprint density at radius 3 is 2.38 bits per heavy atom. The molecular weight excluding hydrogens is 264 g/mol. The van der Waals surface area contributed by atoms with Crippen LogP contribution in [-0.2, 0) is 4.79 Å². The van der Waals surface area contributed by atoms with Crippen LogP contribution in [0.15, 0.2) is 29.8 Å². The third-order valence-corrected chi connectivity index (χ3v) is 4.35. The minimum atomic E-state index is -0.934. The Hall–Kier alpha value is -1.90. The second-order valence-electron chi connectivity index (χ2n) is 6.22. The molecule has 3 heteroatoms. The largest absolute Gasteiger partial charge is 0.478 e. The van der Waals surface area contributed by atoms with Crippen molar-refractivity contribution in [2.75, 3.05) is 0 Å². The maximum absolute atomic E-state index is 12.6. The summed E-state index contributed by atoms with van der Waals surface area (Å²) in [5, 5.41) is 8.91. The molecule has 1 aliphatic carbocycles. The Morgan fingerprint density at radius 2 is 1.86 bits per heavy atom. The summed E-state index contributed by atoms with van der Waals surface area (Å²) in [4.78, 5) is 23.4. The molecule has 1 saturated carbocycles. The van der Waals surface area contributed by atoms with E-state index < -0.39 is 5.97 Å². The molecule has 1 aromatic carbocycles. The van der Waals surface area contributed by atoms with E-state index >= 15 is 0 Å². The molecule has 1 N–H and O–H groups in total. The van der Waals surface area contributed by atoms with Crippen LogP contribution >= 0.6 is 0 Å². The zero-order valence-corrected chi connectivity index (χ0v) is 12.8. The third-order valence-electron chi connectivity index (χ3n) is 4.35. The molecular formula is C18H22O3. The number of ketones is 1. The Balaban J connectivity index is 2.28. The van der Waals surface area contributed by atoms with E-state index in [9.17, 15) is 9.59 Å². The van der Waals surface area contributed by atoms with E-state index in [2.05, 4.69) is 20.8 Å². The molecule has 1 aliphatic rings. The Morgan fingerprint density at radius 1 is 1.24 bits per heavy atom. The number of benzene rings is 1. The maximum Gasteiger partial charge on any atom is 0.335 e. The number of carboxylic acid groups (broad SMARTS) is 1. The topological polar surface area (TPSA) is 54.4 Å². The second kappa shape index (κ2) is 6.25. The van der Waals surface area contributed by atoms with Gasteiger partial charge in [0.25, 0.3) is 0 Å². The van der Waals surface area contributed by atoms with Gasteiger partial charge in [-0.05, 0) is 54.0 Å². The first-order valence-electron chi connectivity index (χ1n) is 7.49. The molecule has 1 aromatic rings. The van der Waals surface area contributed by atoms with E-state index in [-0.39, 0.29) is 23.2 Å². The van der Waals surface area contributed by atoms with Gasteiger partial charge in [0.15, 0.2) is 5.78 Å². The monoisotopic (exact) mass is 286 g/mol. The number of carboxylic acids is 1. The van der Waals surface area contributed by atoms with Gasteiger partial charge in [0.05, 0.1) is 5.56 Å². The maximum atomic E-state index is 12.6. The molecule has 0 saturated heterocycles. The van der Waals surface area contributed by atoms with Gasteiger partial charge in [0.1, 0.15) is 0 Å². The number of rotatable bonds is 3. The van der Waals surface area contributed by atoms with Gasteiger partial charge >= 0.3 is 5.97 Å². The molecule has 2 atom stereocenters. The van der Waals surface area contributed by atoms with Crippen LogP contribution in [0.3, 0.4) is 0 Å². The Bertz CT molecular complexity index is 567. The lowest BCUT2D eigenvalue weighted by Crippen LogP contribution is -2.30. The van der Waals surface area contributed by atoms with Gasteiger partial charge in [-0.25, -0.2) is 4.79 Å². The Labute approximate surface area is 125 Å². The van der Waals surface area contributed by atoms with Crippen LogP contribution in [-0.4, -0.2) is 16.9 Å². The zero-order chi connectivity index (χ0) is 15.6. The van der Waals surface area contributed by atoms with Gasteiger partial charge in [-0.3, -0.25) is 4.79 Å². The van der Waals surface area contributed by atoms with Gasteiger partial charge in [-0.15, -0.1) is 0 Å². The number of hydrogen-bond acceptors (Lipinski definition) is 2. The second-order valence-corrected chi connectivity index (χ2v) is 6.22. The normalized spacial score (nSPS) is 24.6. The number of carbonyl (C=O) groups is 2. The highest BCUT2D eigenvalue weighted by Gasteiger charge is 2.32. The molecule has 0 bridgehead atoms. The molecule has 0 aromatic heterocycles. The van der Waals surface area contributed by atoms with Crippen LogP contribution in [0.4, 0.5) is 0 Å². The number of allylic oxidation sites excluding steroid dienone is 1. The first-order chi connectivity index (χ1) is 9.90. The lowest BCUT2D eigenvalue weighted by molar-refractivity contribution is -0.122. The molecule has 0 aliphatic heterocycles. The SMILES string of the molecule is CC(C)[C@H]1CC[C@@H](C)/C(=C\c2ccc(C(=O)O)cc2)C1=O. The van der Waals surface area contributed by atoms with E-state index in [1.807, 2.05) is 6.08 Å². The smallest absolute Gasteiger partial charge is 0.335 e. The molecule has 3 nitrogen and oxygen atoms in total. The minimum Gasteiger partial charge on any atom is -0.478 e. The highest BCUT2D eigenvalue weighted by atomic mass is 16.4. The summed E-state index contributed by atoms with van der Waals surface area (Å²) in [6.45, 7) is 6.28. The average Bonchev–Trinajstić information content (AvgIpc) is 2.43. The number of Topliss-reactive ketones (excluding diaryl/α,β-unsaturated/α-hetero) is 1. The Kier molecular flexibility index (Phi) is 4.61. The quantitative estimate of drug-likeness (QED) is 0.853. The van der Waals surface area contributed by atoms with E-state index in [1.165, 1.54) is 0 Å². The third kappa shape index (κ3) is 3.41. The number of hydrogen-bond donors (Lipinski definition) is 1. The van der Waals surface area contributed by atoms with Crippen LogP contribution in [0.2, 0.25) is 0 Å². The fraction of sp³-hybridized carbons (Fsp3) is 0.444. The van der Waals surface area contributed by atoms with Crippen LogP contribution < -0.4 is 0 Å². The fourth-order valence-electron chi connectivity index (χ4n) is 2.92. The molecule has 0 spiro atoms. The lowest BCUT2D eigenvalue weighted by atomic mass is 9.73. The van der Waals surface area contributed by atoms with Gasteiger partial charge in [-0.1, -0.05) is 32.9 Å². The predicted octanol–water partition coefficient (Wildman–Crippen LogP) is 4.04. The molecule has 0 heterocycles. The molecule has 2 rings (SSSR count). The van der Waals surface area contributed by atoms with Gasteiger partial charge in [0.2, 0.25) is 0 Å². The van der Waals surface area contributed by atoms with Gasteiger partial charge in [0, 0.05) is 5.92 Å². The summed E-state index contributed by atoms with van der Waals surface area (Å²) >= 11 is 0. The predicted molar refractivity (Wildman–Crippen MR) is 83.1 cm³/mol. The fourth-order valence-corrected chi connectivity index (χ4v) is 2.92. The molecule has 1 fully saturated rings. The summed E-state index contributed by atoms with van der Waals surface area (Å²) in [6.07, 6.45) is 3.92. The number of aromatic carboxylic acids is 1. The number of carbonyl (C=O) groups excluding carboxylic acids is 1. The van der Waals surface area contributed by atoms with Crippen molar-refractivity contribution in [1.82, 2.24) is 0 Å². The summed E-state index contributed by atoms with van der Waals surface area (Å²) in [5.74, 6) is 0.0717. The zero-order valence-electron chi connectivity index (χ0n) is 12.8. The lowest BCUT2D eigenvalue weighted by Gasteiger charge is -2.30. The van der Waals surface area contributed by atoms with Crippen molar-refractivity contribution in [1.29, 1.82) is 0 Å². The van der Waals surface area contributed by atoms with E-state index in [1.54, 1.807) is 24.3 Å². The van der Waals surface area contributed by atoms with Crippen molar-refractivity contribution in [2.45, 2.75) is 33.6 Å². The highest BCUT2D eigenvalue weighted by molar-refractivity contribution is 6.02. The molecule has 21 heavy (non-hydrogen) atoms. The van der Waals surface area contributed by atoms with Crippen LogP contribution in [0.1, 0.15) is 49.5 Å².